The highest BCUT2D eigenvalue weighted by atomic mass is 16.2. The van der Waals surface area contributed by atoms with Gasteiger partial charge >= 0.3 is 0 Å². The molecule has 1 saturated heterocycles. The first kappa shape index (κ1) is 19.9. The van der Waals surface area contributed by atoms with Crippen LogP contribution in [-0.4, -0.2) is 54.8 Å². The second-order valence-electron chi connectivity index (χ2n) is 8.20. The van der Waals surface area contributed by atoms with Gasteiger partial charge in [-0.1, -0.05) is 31.4 Å². The summed E-state index contributed by atoms with van der Waals surface area (Å²) >= 11 is 0. The van der Waals surface area contributed by atoms with E-state index in [1.54, 1.807) is 0 Å². The van der Waals surface area contributed by atoms with E-state index in [9.17, 15) is 9.59 Å². The molecular weight excluding hydrogens is 338 g/mol. The molecule has 0 aromatic heterocycles. The number of benzene rings is 1. The SMILES string of the molecule is CN1CCC(N(C)C(=O)c2ccc(CNC(=O)C3CCCCC3)cc2)CC1. The molecule has 0 atom stereocenters. The van der Waals surface area contributed by atoms with Crippen LogP contribution in [0.4, 0.5) is 0 Å². The summed E-state index contributed by atoms with van der Waals surface area (Å²) in [5, 5.41) is 3.06. The van der Waals surface area contributed by atoms with Crippen molar-refractivity contribution in [3.8, 4) is 0 Å². The summed E-state index contributed by atoms with van der Waals surface area (Å²) in [7, 11) is 4.04. The molecule has 0 spiro atoms. The Morgan fingerprint density at radius 1 is 1.04 bits per heavy atom. The predicted octanol–water partition coefficient (Wildman–Crippen LogP) is 3.05. The van der Waals surface area contributed by atoms with Gasteiger partial charge in [0, 0.05) is 31.1 Å². The van der Waals surface area contributed by atoms with Crippen LogP contribution in [0.3, 0.4) is 0 Å². The molecule has 2 aliphatic rings. The molecule has 5 heteroatoms. The average molecular weight is 372 g/mol. The molecule has 1 aromatic rings. The summed E-state index contributed by atoms with van der Waals surface area (Å²) in [5.74, 6) is 0.446. The Hall–Kier alpha value is -1.88. The van der Waals surface area contributed by atoms with E-state index in [0.29, 0.717) is 12.6 Å². The Labute approximate surface area is 163 Å². The molecule has 0 bridgehead atoms. The number of amides is 2. The normalized spacial score (nSPS) is 19.6. The maximum atomic E-state index is 12.8. The number of carbonyl (C=O) groups excluding carboxylic acids is 2. The number of likely N-dealkylation sites (tertiary alicyclic amines) is 1. The molecule has 3 rings (SSSR count). The molecule has 1 N–H and O–H groups in total. The second kappa shape index (κ2) is 9.36. The van der Waals surface area contributed by atoms with E-state index in [-0.39, 0.29) is 17.7 Å². The quantitative estimate of drug-likeness (QED) is 0.865. The minimum Gasteiger partial charge on any atom is -0.352 e. The minimum atomic E-state index is 0.0855. The lowest BCUT2D eigenvalue weighted by Crippen LogP contribution is -2.44. The first-order valence-corrected chi connectivity index (χ1v) is 10.4. The Morgan fingerprint density at radius 2 is 1.67 bits per heavy atom. The molecule has 1 aliphatic carbocycles. The van der Waals surface area contributed by atoms with Gasteiger partial charge in [-0.25, -0.2) is 0 Å². The Bertz CT molecular complexity index is 629. The molecule has 0 unspecified atom stereocenters. The fraction of sp³-hybridized carbons (Fsp3) is 0.636. The zero-order valence-electron chi connectivity index (χ0n) is 16.7. The fourth-order valence-corrected chi connectivity index (χ4v) is 4.22. The van der Waals surface area contributed by atoms with Gasteiger partial charge in [0.15, 0.2) is 0 Å². The van der Waals surface area contributed by atoms with Crippen molar-refractivity contribution in [1.29, 1.82) is 0 Å². The van der Waals surface area contributed by atoms with Crippen molar-refractivity contribution in [2.75, 3.05) is 27.2 Å². The number of hydrogen-bond donors (Lipinski definition) is 1. The Balaban J connectivity index is 1.50. The van der Waals surface area contributed by atoms with Crippen LogP contribution in [0.5, 0.6) is 0 Å². The van der Waals surface area contributed by atoms with Crippen molar-refractivity contribution >= 4 is 11.8 Å². The third-order valence-corrected chi connectivity index (χ3v) is 6.20. The third-order valence-electron chi connectivity index (χ3n) is 6.20. The summed E-state index contributed by atoms with van der Waals surface area (Å²) in [4.78, 5) is 29.2. The average Bonchev–Trinajstić information content (AvgIpc) is 2.72. The van der Waals surface area contributed by atoms with E-state index < -0.39 is 0 Å². The maximum absolute atomic E-state index is 12.8. The van der Waals surface area contributed by atoms with Gasteiger partial charge in [-0.15, -0.1) is 0 Å². The molecule has 1 aromatic carbocycles. The summed E-state index contributed by atoms with van der Waals surface area (Å²) in [6.07, 6.45) is 7.68. The summed E-state index contributed by atoms with van der Waals surface area (Å²) in [5.41, 5.74) is 1.76. The molecule has 1 aliphatic heterocycles. The van der Waals surface area contributed by atoms with E-state index in [0.717, 1.165) is 49.9 Å². The third kappa shape index (κ3) is 5.32. The van der Waals surface area contributed by atoms with Gasteiger partial charge in [-0.3, -0.25) is 9.59 Å². The monoisotopic (exact) mass is 371 g/mol. The van der Waals surface area contributed by atoms with Crippen LogP contribution in [0.15, 0.2) is 24.3 Å². The van der Waals surface area contributed by atoms with Gasteiger partial charge in [-0.2, -0.15) is 0 Å². The number of rotatable bonds is 5. The molecule has 0 radical (unpaired) electrons. The number of hydrogen-bond acceptors (Lipinski definition) is 3. The smallest absolute Gasteiger partial charge is 0.253 e. The van der Waals surface area contributed by atoms with E-state index in [4.69, 9.17) is 0 Å². The minimum absolute atomic E-state index is 0.0855. The van der Waals surface area contributed by atoms with Crippen molar-refractivity contribution in [1.82, 2.24) is 15.1 Å². The van der Waals surface area contributed by atoms with Gasteiger partial charge in [0.05, 0.1) is 0 Å². The zero-order chi connectivity index (χ0) is 19.2. The molecule has 1 saturated carbocycles. The van der Waals surface area contributed by atoms with Gasteiger partial charge < -0.3 is 15.1 Å². The zero-order valence-corrected chi connectivity index (χ0v) is 16.7. The lowest BCUT2D eigenvalue weighted by molar-refractivity contribution is -0.126. The van der Waals surface area contributed by atoms with E-state index >= 15 is 0 Å². The predicted molar refractivity (Wildman–Crippen MR) is 107 cm³/mol. The highest BCUT2D eigenvalue weighted by Crippen LogP contribution is 2.23. The Kier molecular flexibility index (Phi) is 6.89. The molecule has 2 amide bonds. The summed E-state index contributed by atoms with van der Waals surface area (Å²) < 4.78 is 0. The lowest BCUT2D eigenvalue weighted by atomic mass is 9.88. The van der Waals surface area contributed by atoms with Gasteiger partial charge in [-0.05, 0) is 63.5 Å². The van der Waals surface area contributed by atoms with Crippen LogP contribution >= 0.6 is 0 Å². The molecule has 27 heavy (non-hydrogen) atoms. The molecule has 5 nitrogen and oxygen atoms in total. The van der Waals surface area contributed by atoms with Crippen molar-refractivity contribution in [3.63, 3.8) is 0 Å². The Morgan fingerprint density at radius 3 is 2.30 bits per heavy atom. The van der Waals surface area contributed by atoms with Gasteiger partial charge in [0.2, 0.25) is 5.91 Å². The number of carbonyl (C=O) groups is 2. The topological polar surface area (TPSA) is 52.6 Å². The number of nitrogens with one attached hydrogen (secondary N) is 1. The second-order valence-corrected chi connectivity index (χ2v) is 8.20. The molecule has 2 fully saturated rings. The first-order chi connectivity index (χ1) is 13.0. The maximum Gasteiger partial charge on any atom is 0.253 e. The van der Waals surface area contributed by atoms with Gasteiger partial charge in [0.1, 0.15) is 0 Å². The largest absolute Gasteiger partial charge is 0.352 e. The lowest BCUT2D eigenvalue weighted by Gasteiger charge is -2.35. The molecule has 1 heterocycles. The van der Waals surface area contributed by atoms with Crippen LogP contribution in [-0.2, 0) is 11.3 Å². The number of piperidine rings is 1. The van der Waals surface area contributed by atoms with Crippen LogP contribution in [0, 0.1) is 5.92 Å². The van der Waals surface area contributed by atoms with Crippen LogP contribution in [0.25, 0.3) is 0 Å². The highest BCUT2D eigenvalue weighted by Gasteiger charge is 2.25. The molecule has 148 valence electrons. The standard InChI is InChI=1S/C22H33N3O2/c1-24-14-12-20(13-15-24)25(2)22(27)19-10-8-17(9-11-19)16-23-21(26)18-6-4-3-5-7-18/h8-11,18,20H,3-7,12-16H2,1-2H3,(H,23,26). The van der Waals surface area contributed by atoms with E-state index in [1.165, 1.54) is 19.3 Å². The van der Waals surface area contributed by atoms with Crippen LogP contribution in [0.1, 0.15) is 60.9 Å². The van der Waals surface area contributed by atoms with Crippen molar-refractivity contribution in [2.24, 2.45) is 5.92 Å². The van der Waals surface area contributed by atoms with Crippen LogP contribution in [0.2, 0.25) is 0 Å². The first-order valence-electron chi connectivity index (χ1n) is 10.4. The van der Waals surface area contributed by atoms with E-state index in [2.05, 4.69) is 17.3 Å². The summed E-state index contributed by atoms with van der Waals surface area (Å²) in [6, 6.07) is 8.00. The van der Waals surface area contributed by atoms with Crippen molar-refractivity contribution in [2.45, 2.75) is 57.5 Å². The fourth-order valence-electron chi connectivity index (χ4n) is 4.22. The highest BCUT2D eigenvalue weighted by molar-refractivity contribution is 5.94. The molecular formula is C22H33N3O2. The van der Waals surface area contributed by atoms with Crippen LogP contribution < -0.4 is 5.32 Å². The summed E-state index contributed by atoms with van der Waals surface area (Å²) in [6.45, 7) is 2.62. The van der Waals surface area contributed by atoms with Crippen molar-refractivity contribution in [3.05, 3.63) is 35.4 Å². The number of nitrogens with zero attached hydrogens (tertiary/aromatic N) is 2. The van der Waals surface area contributed by atoms with E-state index in [1.807, 2.05) is 36.2 Å². The van der Waals surface area contributed by atoms with Gasteiger partial charge in [0.25, 0.3) is 5.91 Å². The van der Waals surface area contributed by atoms with Crippen molar-refractivity contribution < 1.29 is 9.59 Å².